The molecular weight excluding hydrogens is 369 g/mol. The fourth-order valence-corrected chi connectivity index (χ4v) is 2.56. The van der Waals surface area contributed by atoms with Gasteiger partial charge >= 0.3 is 0 Å². The molecule has 28 heavy (non-hydrogen) atoms. The molecule has 5 nitrogen and oxygen atoms in total. The molecule has 8 heteroatoms. The number of carbonyl (C=O) groups is 1. The summed E-state index contributed by atoms with van der Waals surface area (Å²) >= 11 is 0. The van der Waals surface area contributed by atoms with Gasteiger partial charge in [-0.25, -0.2) is 23.1 Å². The van der Waals surface area contributed by atoms with Crippen LogP contribution < -0.4 is 10.6 Å². The minimum absolute atomic E-state index is 0.0514. The van der Waals surface area contributed by atoms with E-state index in [4.69, 9.17) is 0 Å². The second-order valence-corrected chi connectivity index (χ2v) is 6.27. The monoisotopic (exact) mass is 386 g/mol. The van der Waals surface area contributed by atoms with Gasteiger partial charge in [-0.3, -0.25) is 4.79 Å². The molecule has 3 rings (SSSR count). The van der Waals surface area contributed by atoms with Crippen molar-refractivity contribution >= 4 is 23.2 Å². The molecule has 0 radical (unpaired) electrons. The molecule has 2 N–H and O–H groups in total. The second kappa shape index (κ2) is 7.67. The van der Waals surface area contributed by atoms with Crippen LogP contribution in [0.2, 0.25) is 0 Å². The van der Waals surface area contributed by atoms with Gasteiger partial charge in [0.1, 0.15) is 5.69 Å². The molecule has 1 heterocycles. The van der Waals surface area contributed by atoms with Gasteiger partial charge in [0.15, 0.2) is 17.5 Å². The number of nitrogens with zero attached hydrogens (tertiary/aromatic N) is 2. The molecule has 0 aliphatic heterocycles. The summed E-state index contributed by atoms with van der Waals surface area (Å²) in [4.78, 5) is 20.8. The first-order chi connectivity index (χ1) is 13.3. The van der Waals surface area contributed by atoms with Gasteiger partial charge in [0.2, 0.25) is 5.95 Å². The van der Waals surface area contributed by atoms with Crippen LogP contribution in [0.3, 0.4) is 0 Å². The molecule has 0 saturated carbocycles. The Morgan fingerprint density at radius 2 is 1.68 bits per heavy atom. The summed E-state index contributed by atoms with van der Waals surface area (Å²) in [6.07, 6.45) is 0. The number of nitrogens with one attached hydrogen (secondary N) is 2. The summed E-state index contributed by atoms with van der Waals surface area (Å²) in [5, 5.41) is 5.25. The second-order valence-electron chi connectivity index (χ2n) is 6.27. The van der Waals surface area contributed by atoms with Crippen molar-refractivity contribution in [2.75, 3.05) is 10.6 Å². The SMILES string of the molecule is Cc1cc(C(=O)Nc2ccc(F)c(F)c2F)nc(Nc2cccc(C)c2C)n1. The van der Waals surface area contributed by atoms with Crippen molar-refractivity contribution in [3.05, 3.63) is 76.4 Å². The van der Waals surface area contributed by atoms with Crippen LogP contribution in [-0.4, -0.2) is 15.9 Å². The maximum Gasteiger partial charge on any atom is 0.274 e. The molecule has 2 aromatic carbocycles. The maximum absolute atomic E-state index is 13.8. The zero-order chi connectivity index (χ0) is 20.4. The number of benzene rings is 2. The van der Waals surface area contributed by atoms with Gasteiger partial charge in [-0.15, -0.1) is 0 Å². The number of halogens is 3. The molecule has 1 aromatic heterocycles. The number of amides is 1. The van der Waals surface area contributed by atoms with Crippen LogP contribution in [0.4, 0.5) is 30.5 Å². The third kappa shape index (κ3) is 3.95. The average Bonchev–Trinajstić information content (AvgIpc) is 2.65. The molecule has 144 valence electrons. The molecule has 0 unspecified atom stereocenters. The Labute approximate surface area is 159 Å². The lowest BCUT2D eigenvalue weighted by Gasteiger charge is -2.12. The Kier molecular flexibility index (Phi) is 5.30. The van der Waals surface area contributed by atoms with Crippen LogP contribution in [0.15, 0.2) is 36.4 Å². The third-order valence-corrected chi connectivity index (χ3v) is 4.22. The van der Waals surface area contributed by atoms with E-state index in [-0.39, 0.29) is 11.6 Å². The van der Waals surface area contributed by atoms with Crippen LogP contribution in [0, 0.1) is 38.2 Å². The number of rotatable bonds is 4. The van der Waals surface area contributed by atoms with E-state index in [1.807, 2.05) is 32.0 Å². The fraction of sp³-hybridized carbons (Fsp3) is 0.150. The lowest BCUT2D eigenvalue weighted by Crippen LogP contribution is -2.17. The van der Waals surface area contributed by atoms with E-state index in [1.54, 1.807) is 6.92 Å². The number of aromatic nitrogens is 2. The molecule has 0 spiro atoms. The van der Waals surface area contributed by atoms with Crippen molar-refractivity contribution in [1.82, 2.24) is 9.97 Å². The smallest absolute Gasteiger partial charge is 0.274 e. The minimum atomic E-state index is -1.66. The van der Waals surface area contributed by atoms with Gasteiger partial charge in [-0.05, 0) is 56.2 Å². The molecule has 3 aromatic rings. The van der Waals surface area contributed by atoms with Gasteiger partial charge in [-0.2, -0.15) is 0 Å². The first-order valence-electron chi connectivity index (χ1n) is 8.40. The van der Waals surface area contributed by atoms with Gasteiger partial charge in [0.05, 0.1) is 5.69 Å². The Morgan fingerprint density at radius 3 is 2.43 bits per heavy atom. The number of hydrogen-bond donors (Lipinski definition) is 2. The van der Waals surface area contributed by atoms with Crippen LogP contribution >= 0.6 is 0 Å². The quantitative estimate of drug-likeness (QED) is 0.631. The molecular formula is C20H17F3N4O. The summed E-state index contributed by atoms with van der Waals surface area (Å²) in [5.41, 5.74) is 2.82. The van der Waals surface area contributed by atoms with Gasteiger partial charge in [0.25, 0.3) is 5.91 Å². The van der Waals surface area contributed by atoms with E-state index in [9.17, 15) is 18.0 Å². The number of carbonyl (C=O) groups excluding carboxylic acids is 1. The highest BCUT2D eigenvalue weighted by Gasteiger charge is 2.17. The van der Waals surface area contributed by atoms with Crippen LogP contribution in [0.25, 0.3) is 0 Å². The van der Waals surface area contributed by atoms with E-state index in [0.717, 1.165) is 28.9 Å². The lowest BCUT2D eigenvalue weighted by atomic mass is 10.1. The summed E-state index contributed by atoms with van der Waals surface area (Å²) in [6, 6.07) is 8.76. The van der Waals surface area contributed by atoms with E-state index in [1.165, 1.54) is 6.07 Å². The van der Waals surface area contributed by atoms with E-state index >= 15 is 0 Å². The molecule has 0 fully saturated rings. The van der Waals surface area contributed by atoms with Crippen molar-refractivity contribution in [1.29, 1.82) is 0 Å². The van der Waals surface area contributed by atoms with Crippen LogP contribution in [0.1, 0.15) is 27.3 Å². The maximum atomic E-state index is 13.8. The van der Waals surface area contributed by atoms with E-state index in [0.29, 0.717) is 5.69 Å². The first-order valence-corrected chi connectivity index (χ1v) is 8.40. The summed E-state index contributed by atoms with van der Waals surface area (Å²) in [6.45, 7) is 5.57. The van der Waals surface area contributed by atoms with Crippen molar-refractivity contribution in [3.63, 3.8) is 0 Å². The number of hydrogen-bond acceptors (Lipinski definition) is 4. The van der Waals surface area contributed by atoms with Crippen molar-refractivity contribution < 1.29 is 18.0 Å². The Bertz CT molecular complexity index is 1070. The molecule has 0 bridgehead atoms. The largest absolute Gasteiger partial charge is 0.324 e. The van der Waals surface area contributed by atoms with Crippen LogP contribution in [0.5, 0.6) is 0 Å². The molecule has 0 atom stereocenters. The highest BCUT2D eigenvalue weighted by Crippen LogP contribution is 2.22. The molecule has 0 aliphatic rings. The number of anilines is 3. The predicted octanol–water partition coefficient (Wildman–Crippen LogP) is 4.82. The minimum Gasteiger partial charge on any atom is -0.324 e. The van der Waals surface area contributed by atoms with Crippen molar-refractivity contribution in [2.45, 2.75) is 20.8 Å². The Hall–Kier alpha value is -3.42. The first kappa shape index (κ1) is 19.3. The normalized spacial score (nSPS) is 10.6. The summed E-state index contributed by atoms with van der Waals surface area (Å²) in [7, 11) is 0. The molecule has 0 saturated heterocycles. The predicted molar refractivity (Wildman–Crippen MR) is 100 cm³/mol. The Morgan fingerprint density at radius 1 is 0.929 bits per heavy atom. The summed E-state index contributed by atoms with van der Waals surface area (Å²) < 4.78 is 40.2. The fourth-order valence-electron chi connectivity index (χ4n) is 2.56. The highest BCUT2D eigenvalue weighted by atomic mass is 19.2. The zero-order valence-electron chi connectivity index (χ0n) is 15.4. The zero-order valence-corrected chi connectivity index (χ0v) is 15.4. The van der Waals surface area contributed by atoms with Crippen LogP contribution in [-0.2, 0) is 0 Å². The number of aryl methyl sites for hydroxylation is 2. The van der Waals surface area contributed by atoms with Gasteiger partial charge < -0.3 is 10.6 Å². The van der Waals surface area contributed by atoms with E-state index < -0.39 is 29.0 Å². The van der Waals surface area contributed by atoms with E-state index in [2.05, 4.69) is 20.6 Å². The topological polar surface area (TPSA) is 66.9 Å². The van der Waals surface area contributed by atoms with Crippen molar-refractivity contribution in [3.8, 4) is 0 Å². The molecule has 1 amide bonds. The third-order valence-electron chi connectivity index (χ3n) is 4.22. The van der Waals surface area contributed by atoms with Gasteiger partial charge in [0, 0.05) is 11.4 Å². The Balaban J connectivity index is 1.88. The molecule has 0 aliphatic carbocycles. The van der Waals surface area contributed by atoms with Crippen molar-refractivity contribution in [2.24, 2.45) is 0 Å². The van der Waals surface area contributed by atoms with Gasteiger partial charge in [-0.1, -0.05) is 12.1 Å². The summed E-state index contributed by atoms with van der Waals surface area (Å²) in [5.74, 6) is -5.07. The standard InChI is InChI=1S/C20H17F3N4O/c1-10-5-4-6-14(12(10)3)26-20-24-11(2)9-16(27-20)19(28)25-15-8-7-13(21)17(22)18(15)23/h4-9H,1-3H3,(H,25,28)(H,24,26,27). The highest BCUT2D eigenvalue weighted by molar-refractivity contribution is 6.03. The average molecular weight is 386 g/mol. The lowest BCUT2D eigenvalue weighted by molar-refractivity contribution is 0.102.